The molecule has 0 aromatic heterocycles. The molecule has 3 rings (SSSR count). The second-order valence-corrected chi connectivity index (χ2v) is 4.85. The minimum absolute atomic E-state index is 0.221. The third-order valence-electron chi connectivity index (χ3n) is 3.21. The molecule has 23 heavy (non-hydrogen) atoms. The average Bonchev–Trinajstić information content (AvgIpc) is 3.01. The van der Waals surface area contributed by atoms with Crippen molar-refractivity contribution in [2.24, 2.45) is 0 Å². The van der Waals surface area contributed by atoms with E-state index in [2.05, 4.69) is 10.6 Å². The predicted octanol–water partition coefficient (Wildman–Crippen LogP) is 1.97. The maximum absolute atomic E-state index is 11.7. The van der Waals surface area contributed by atoms with Gasteiger partial charge in [0.15, 0.2) is 11.5 Å². The quantitative estimate of drug-likeness (QED) is 0.781. The van der Waals surface area contributed by atoms with Gasteiger partial charge in [-0.05, 0) is 36.4 Å². The van der Waals surface area contributed by atoms with Crippen LogP contribution in [-0.2, 0) is 4.79 Å². The monoisotopic (exact) mass is 314 g/mol. The molecule has 1 aliphatic rings. The Labute approximate surface area is 131 Å². The van der Waals surface area contributed by atoms with Gasteiger partial charge in [-0.2, -0.15) is 0 Å². The zero-order chi connectivity index (χ0) is 16.2. The molecule has 2 aromatic rings. The van der Waals surface area contributed by atoms with Gasteiger partial charge in [-0.15, -0.1) is 0 Å². The first-order chi connectivity index (χ1) is 11.1. The van der Waals surface area contributed by atoms with Gasteiger partial charge in [-0.25, -0.2) is 0 Å². The Kier molecular flexibility index (Phi) is 4.01. The van der Waals surface area contributed by atoms with Crippen molar-refractivity contribution in [1.82, 2.24) is 5.32 Å². The van der Waals surface area contributed by atoms with Crippen molar-refractivity contribution in [2.45, 2.75) is 0 Å². The van der Waals surface area contributed by atoms with Gasteiger partial charge in [0.1, 0.15) is 6.54 Å². The van der Waals surface area contributed by atoms with Gasteiger partial charge in [0.05, 0.1) is 0 Å². The number of carbonyl (C=O) groups is 2. The van der Waals surface area contributed by atoms with E-state index in [1.54, 1.807) is 24.3 Å². The predicted molar refractivity (Wildman–Crippen MR) is 82.3 cm³/mol. The Morgan fingerprint density at radius 3 is 2.43 bits per heavy atom. The molecular weight excluding hydrogens is 300 g/mol. The van der Waals surface area contributed by atoms with Crippen LogP contribution in [0.15, 0.2) is 42.5 Å². The van der Waals surface area contributed by atoms with Crippen LogP contribution >= 0.6 is 0 Å². The van der Waals surface area contributed by atoms with Crippen LogP contribution < -0.4 is 20.1 Å². The van der Waals surface area contributed by atoms with E-state index in [4.69, 9.17) is 14.6 Å². The van der Waals surface area contributed by atoms with Gasteiger partial charge in [-0.1, -0.05) is 0 Å². The number of carbonyl (C=O) groups excluding carboxylic acids is 1. The normalized spacial score (nSPS) is 11.8. The lowest BCUT2D eigenvalue weighted by Crippen LogP contribution is -2.29. The molecule has 0 bridgehead atoms. The van der Waals surface area contributed by atoms with Crippen molar-refractivity contribution in [1.29, 1.82) is 0 Å². The Morgan fingerprint density at radius 2 is 1.70 bits per heavy atom. The lowest BCUT2D eigenvalue weighted by molar-refractivity contribution is -0.135. The number of carboxylic acid groups (broad SMARTS) is 1. The molecule has 0 unspecified atom stereocenters. The Balaban J connectivity index is 1.65. The number of hydrogen-bond donors (Lipinski definition) is 3. The van der Waals surface area contributed by atoms with Crippen LogP contribution in [0.2, 0.25) is 0 Å². The summed E-state index contributed by atoms with van der Waals surface area (Å²) >= 11 is 0. The largest absolute Gasteiger partial charge is 0.480 e. The van der Waals surface area contributed by atoms with E-state index in [0.717, 1.165) is 11.4 Å². The van der Waals surface area contributed by atoms with Crippen molar-refractivity contribution < 1.29 is 24.2 Å². The number of aliphatic carboxylic acids is 1. The van der Waals surface area contributed by atoms with Gasteiger partial charge in [-0.3, -0.25) is 9.59 Å². The highest BCUT2D eigenvalue weighted by molar-refractivity contribution is 5.96. The molecule has 0 atom stereocenters. The first-order valence-electron chi connectivity index (χ1n) is 6.88. The fourth-order valence-corrected chi connectivity index (χ4v) is 2.10. The lowest BCUT2D eigenvalue weighted by atomic mass is 10.2. The average molecular weight is 314 g/mol. The van der Waals surface area contributed by atoms with E-state index in [1.165, 1.54) is 0 Å². The van der Waals surface area contributed by atoms with E-state index >= 15 is 0 Å². The van der Waals surface area contributed by atoms with Gasteiger partial charge in [0.25, 0.3) is 5.91 Å². The zero-order valence-corrected chi connectivity index (χ0v) is 12.0. The first-order valence-corrected chi connectivity index (χ1v) is 6.88. The maximum atomic E-state index is 11.7. The summed E-state index contributed by atoms with van der Waals surface area (Å²) in [5.41, 5.74) is 2.01. The highest BCUT2D eigenvalue weighted by atomic mass is 16.7. The number of fused-ring (bicyclic) bond motifs is 1. The Hall–Kier alpha value is -3.22. The number of amides is 1. The summed E-state index contributed by atoms with van der Waals surface area (Å²) in [4.78, 5) is 22.2. The minimum Gasteiger partial charge on any atom is -0.480 e. The Bertz CT molecular complexity index is 743. The molecular formula is C16H14N2O5. The van der Waals surface area contributed by atoms with Crippen LogP contribution in [0.25, 0.3) is 0 Å². The fourth-order valence-electron chi connectivity index (χ4n) is 2.10. The molecule has 0 fully saturated rings. The molecule has 1 heterocycles. The van der Waals surface area contributed by atoms with Gasteiger partial charge in [0, 0.05) is 23.0 Å². The molecule has 0 radical (unpaired) electrons. The number of carboxylic acids is 1. The van der Waals surface area contributed by atoms with Crippen molar-refractivity contribution in [3.8, 4) is 11.5 Å². The third-order valence-corrected chi connectivity index (χ3v) is 3.21. The van der Waals surface area contributed by atoms with Crippen LogP contribution in [0.4, 0.5) is 11.4 Å². The van der Waals surface area contributed by atoms with Crippen molar-refractivity contribution in [3.63, 3.8) is 0 Å². The van der Waals surface area contributed by atoms with Gasteiger partial charge in [0.2, 0.25) is 6.79 Å². The number of rotatable bonds is 5. The van der Waals surface area contributed by atoms with Crippen molar-refractivity contribution in [2.75, 3.05) is 18.7 Å². The Morgan fingerprint density at radius 1 is 1.00 bits per heavy atom. The molecule has 3 N–H and O–H groups in total. The van der Waals surface area contributed by atoms with E-state index in [0.29, 0.717) is 17.1 Å². The van der Waals surface area contributed by atoms with Crippen molar-refractivity contribution in [3.05, 3.63) is 48.0 Å². The number of anilines is 2. The summed E-state index contributed by atoms with van der Waals surface area (Å²) in [5, 5.41) is 14.0. The summed E-state index contributed by atoms with van der Waals surface area (Å²) in [6, 6.07) is 12.2. The van der Waals surface area contributed by atoms with E-state index in [1.807, 2.05) is 18.2 Å². The smallest absolute Gasteiger partial charge is 0.322 e. The summed E-state index contributed by atoms with van der Waals surface area (Å²) in [7, 11) is 0. The topological polar surface area (TPSA) is 96.9 Å². The highest BCUT2D eigenvalue weighted by Gasteiger charge is 2.13. The van der Waals surface area contributed by atoms with Gasteiger partial charge >= 0.3 is 5.97 Å². The van der Waals surface area contributed by atoms with Crippen LogP contribution in [0.3, 0.4) is 0 Å². The van der Waals surface area contributed by atoms with Crippen molar-refractivity contribution >= 4 is 23.3 Å². The molecule has 7 nitrogen and oxygen atoms in total. The molecule has 2 aromatic carbocycles. The molecule has 0 aliphatic carbocycles. The maximum Gasteiger partial charge on any atom is 0.322 e. The first kappa shape index (κ1) is 14.7. The van der Waals surface area contributed by atoms with Crippen LogP contribution in [0.5, 0.6) is 11.5 Å². The SMILES string of the molecule is O=C(O)CNC(=O)c1ccc(Nc2ccc3c(c2)OCO3)cc1. The van der Waals surface area contributed by atoms with Crippen LogP contribution in [-0.4, -0.2) is 30.3 Å². The van der Waals surface area contributed by atoms with E-state index in [9.17, 15) is 9.59 Å². The van der Waals surface area contributed by atoms with E-state index < -0.39 is 18.4 Å². The van der Waals surface area contributed by atoms with Crippen LogP contribution in [0, 0.1) is 0 Å². The fraction of sp³-hybridized carbons (Fsp3) is 0.125. The summed E-state index contributed by atoms with van der Waals surface area (Å²) in [6.45, 7) is -0.186. The molecule has 0 saturated carbocycles. The van der Waals surface area contributed by atoms with Crippen LogP contribution in [0.1, 0.15) is 10.4 Å². The zero-order valence-electron chi connectivity index (χ0n) is 12.0. The summed E-state index contributed by atoms with van der Waals surface area (Å²) in [6.07, 6.45) is 0. The second kappa shape index (κ2) is 6.27. The molecule has 1 aliphatic heterocycles. The lowest BCUT2D eigenvalue weighted by Gasteiger charge is -2.08. The number of ether oxygens (including phenoxy) is 2. The number of hydrogen-bond acceptors (Lipinski definition) is 5. The molecule has 118 valence electrons. The minimum atomic E-state index is -1.08. The highest BCUT2D eigenvalue weighted by Crippen LogP contribution is 2.35. The molecule has 0 spiro atoms. The third kappa shape index (κ3) is 3.52. The molecule has 0 saturated heterocycles. The number of benzene rings is 2. The standard InChI is InChI=1S/C16H14N2O5/c19-15(20)8-17-16(21)10-1-3-11(4-2-10)18-12-5-6-13-14(7-12)23-9-22-13/h1-7,18H,8-9H2,(H,17,21)(H,19,20). The molecule has 7 heteroatoms. The summed E-state index contributed by atoms with van der Waals surface area (Å²) < 4.78 is 10.6. The molecule has 1 amide bonds. The van der Waals surface area contributed by atoms with E-state index in [-0.39, 0.29) is 6.79 Å². The number of nitrogens with one attached hydrogen (secondary N) is 2. The summed E-state index contributed by atoms with van der Waals surface area (Å²) in [5.74, 6) is -0.123. The van der Waals surface area contributed by atoms with Gasteiger partial charge < -0.3 is 25.2 Å². The second-order valence-electron chi connectivity index (χ2n) is 4.85.